The summed E-state index contributed by atoms with van der Waals surface area (Å²) in [7, 11) is 1.71. The van der Waals surface area contributed by atoms with Crippen molar-refractivity contribution < 1.29 is 4.74 Å². The van der Waals surface area contributed by atoms with Crippen LogP contribution in [0.25, 0.3) is 20.7 Å². The van der Waals surface area contributed by atoms with Crippen molar-refractivity contribution in [3.63, 3.8) is 0 Å². The molecule has 0 radical (unpaired) electrons. The zero-order valence-electron chi connectivity index (χ0n) is 11.3. The number of nitrogens with zero attached hydrogens (tertiary/aromatic N) is 2. The Morgan fingerprint density at radius 3 is 3.00 bits per heavy atom. The van der Waals surface area contributed by atoms with Crippen LogP contribution in [0, 0.1) is 0 Å². The average molecular weight is 357 g/mol. The summed E-state index contributed by atoms with van der Waals surface area (Å²) in [6, 6.07) is 4.13. The van der Waals surface area contributed by atoms with E-state index in [1.165, 1.54) is 4.88 Å². The van der Waals surface area contributed by atoms with Crippen molar-refractivity contribution in [3.8, 4) is 10.4 Å². The quantitative estimate of drug-likeness (QED) is 0.462. The molecular formula is C14H13ClN2OS3. The van der Waals surface area contributed by atoms with Crippen LogP contribution in [-0.4, -0.2) is 29.4 Å². The number of thioether (sulfide) groups is 1. The molecule has 0 aliphatic rings. The van der Waals surface area contributed by atoms with E-state index in [0.29, 0.717) is 5.15 Å². The third-order valence-corrected chi connectivity index (χ3v) is 5.85. The van der Waals surface area contributed by atoms with Crippen LogP contribution in [0.15, 0.2) is 22.9 Å². The second-order valence-electron chi connectivity index (χ2n) is 4.28. The average Bonchev–Trinajstić information content (AvgIpc) is 3.12. The lowest BCUT2D eigenvalue weighted by Gasteiger charge is -2.03. The first-order valence-corrected chi connectivity index (χ1v) is 9.63. The van der Waals surface area contributed by atoms with Gasteiger partial charge in [-0.05, 0) is 11.4 Å². The van der Waals surface area contributed by atoms with Crippen LogP contribution >= 0.6 is 46.0 Å². The molecule has 3 heterocycles. The van der Waals surface area contributed by atoms with Crippen LogP contribution in [-0.2, 0) is 10.5 Å². The highest BCUT2D eigenvalue weighted by atomic mass is 35.5. The maximum atomic E-state index is 6.39. The van der Waals surface area contributed by atoms with Gasteiger partial charge >= 0.3 is 0 Å². The molecule has 0 unspecified atom stereocenters. The summed E-state index contributed by atoms with van der Waals surface area (Å²) in [6.07, 6.45) is 0. The molecule has 0 aliphatic heterocycles. The molecular weight excluding hydrogens is 344 g/mol. The molecule has 7 heteroatoms. The maximum absolute atomic E-state index is 6.39. The molecule has 0 spiro atoms. The van der Waals surface area contributed by atoms with Gasteiger partial charge in [0.1, 0.15) is 15.8 Å². The molecule has 0 aliphatic carbocycles. The van der Waals surface area contributed by atoms with Crippen molar-refractivity contribution in [2.24, 2.45) is 0 Å². The standard InChI is InChI=1S/C14H13ClN2OS3/c1-18-4-6-19-8-11-16-13(15)12-9(7-21-14(12)17-11)10-3-2-5-20-10/h2-3,5,7H,4,6,8H2,1H3. The fourth-order valence-corrected chi connectivity index (χ4v) is 4.79. The minimum absolute atomic E-state index is 0.548. The molecule has 0 atom stereocenters. The molecule has 0 fully saturated rings. The van der Waals surface area contributed by atoms with Crippen LogP contribution in [0.1, 0.15) is 5.82 Å². The summed E-state index contributed by atoms with van der Waals surface area (Å²) in [5, 5.41) is 5.69. The molecule has 3 aromatic rings. The van der Waals surface area contributed by atoms with E-state index in [4.69, 9.17) is 16.3 Å². The molecule has 3 rings (SSSR count). The number of thiophene rings is 2. The monoisotopic (exact) mass is 356 g/mol. The van der Waals surface area contributed by atoms with Gasteiger partial charge in [0.15, 0.2) is 0 Å². The van der Waals surface area contributed by atoms with Gasteiger partial charge in [-0.15, -0.1) is 22.7 Å². The Hall–Kier alpha value is -0.660. The maximum Gasteiger partial charge on any atom is 0.142 e. The van der Waals surface area contributed by atoms with Gasteiger partial charge in [0, 0.05) is 28.7 Å². The molecule has 0 aromatic carbocycles. The van der Waals surface area contributed by atoms with Gasteiger partial charge < -0.3 is 4.74 Å². The number of halogens is 1. The highest BCUT2D eigenvalue weighted by Crippen LogP contribution is 2.38. The second-order valence-corrected chi connectivity index (χ2v) is 7.55. The molecule has 0 bridgehead atoms. The number of hydrogen-bond donors (Lipinski definition) is 0. The SMILES string of the molecule is COCCSCc1nc(Cl)c2c(-c3cccs3)csc2n1. The number of rotatable bonds is 6. The Balaban J connectivity index is 1.88. The van der Waals surface area contributed by atoms with Crippen molar-refractivity contribution >= 4 is 56.3 Å². The zero-order chi connectivity index (χ0) is 14.7. The molecule has 110 valence electrons. The summed E-state index contributed by atoms with van der Waals surface area (Å²) in [5.74, 6) is 2.47. The number of aromatic nitrogens is 2. The van der Waals surface area contributed by atoms with E-state index in [1.807, 2.05) is 6.07 Å². The predicted molar refractivity (Wildman–Crippen MR) is 93.8 cm³/mol. The topological polar surface area (TPSA) is 35.0 Å². The van der Waals surface area contributed by atoms with Crippen molar-refractivity contribution in [2.45, 2.75) is 5.75 Å². The Kier molecular flexibility index (Phi) is 5.13. The first-order chi connectivity index (χ1) is 10.3. The molecule has 0 saturated heterocycles. The molecule has 3 nitrogen and oxygen atoms in total. The van der Waals surface area contributed by atoms with Gasteiger partial charge in [-0.2, -0.15) is 11.8 Å². The Labute approximate surface area is 140 Å². The van der Waals surface area contributed by atoms with Crippen molar-refractivity contribution in [1.82, 2.24) is 9.97 Å². The zero-order valence-corrected chi connectivity index (χ0v) is 14.5. The van der Waals surface area contributed by atoms with E-state index >= 15 is 0 Å². The lowest BCUT2D eigenvalue weighted by molar-refractivity contribution is 0.218. The number of hydrogen-bond acceptors (Lipinski definition) is 6. The lowest BCUT2D eigenvalue weighted by atomic mass is 10.2. The van der Waals surface area contributed by atoms with E-state index in [-0.39, 0.29) is 0 Å². The van der Waals surface area contributed by atoms with Crippen LogP contribution in [0.5, 0.6) is 0 Å². The van der Waals surface area contributed by atoms with Crippen molar-refractivity contribution in [1.29, 1.82) is 0 Å². The van der Waals surface area contributed by atoms with Crippen molar-refractivity contribution in [3.05, 3.63) is 33.9 Å². The molecule has 0 saturated carbocycles. The van der Waals surface area contributed by atoms with Crippen LogP contribution in [0.2, 0.25) is 5.15 Å². The van der Waals surface area contributed by atoms with E-state index in [2.05, 4.69) is 26.8 Å². The molecule has 0 amide bonds. The van der Waals surface area contributed by atoms with Gasteiger partial charge in [0.25, 0.3) is 0 Å². The van der Waals surface area contributed by atoms with Gasteiger partial charge in [-0.3, -0.25) is 0 Å². The van der Waals surface area contributed by atoms with Gasteiger partial charge in [0.05, 0.1) is 17.7 Å². The summed E-state index contributed by atoms with van der Waals surface area (Å²) >= 11 is 11.5. The predicted octanol–water partition coefficient (Wildman–Crippen LogP) is 4.95. The first kappa shape index (κ1) is 15.2. The van der Waals surface area contributed by atoms with E-state index in [0.717, 1.165) is 39.7 Å². The fraction of sp³-hybridized carbons (Fsp3) is 0.286. The van der Waals surface area contributed by atoms with Gasteiger partial charge in [-0.1, -0.05) is 17.7 Å². The summed E-state index contributed by atoms with van der Waals surface area (Å²) in [4.78, 5) is 11.2. The number of fused-ring (bicyclic) bond motifs is 1. The highest BCUT2D eigenvalue weighted by Gasteiger charge is 2.14. The minimum atomic E-state index is 0.548. The molecule has 3 aromatic heterocycles. The van der Waals surface area contributed by atoms with E-state index < -0.39 is 0 Å². The minimum Gasteiger partial charge on any atom is -0.384 e. The van der Waals surface area contributed by atoms with Gasteiger partial charge in [0.2, 0.25) is 0 Å². The fourth-order valence-electron chi connectivity index (χ4n) is 1.92. The Morgan fingerprint density at radius 2 is 2.24 bits per heavy atom. The van der Waals surface area contributed by atoms with Crippen LogP contribution < -0.4 is 0 Å². The molecule has 21 heavy (non-hydrogen) atoms. The normalized spacial score (nSPS) is 11.3. The van der Waals surface area contributed by atoms with Gasteiger partial charge in [-0.25, -0.2) is 9.97 Å². The third-order valence-electron chi connectivity index (χ3n) is 2.89. The lowest BCUT2D eigenvalue weighted by Crippen LogP contribution is -1.96. The number of ether oxygens (including phenoxy) is 1. The summed E-state index contributed by atoms with van der Waals surface area (Å²) in [5.41, 5.74) is 1.13. The number of methoxy groups -OCH3 is 1. The Morgan fingerprint density at radius 1 is 1.33 bits per heavy atom. The van der Waals surface area contributed by atoms with Crippen LogP contribution in [0.3, 0.4) is 0 Å². The first-order valence-electron chi connectivity index (χ1n) is 6.33. The van der Waals surface area contributed by atoms with E-state index in [1.54, 1.807) is 41.5 Å². The highest BCUT2D eigenvalue weighted by molar-refractivity contribution is 7.98. The largest absolute Gasteiger partial charge is 0.384 e. The summed E-state index contributed by atoms with van der Waals surface area (Å²) in [6.45, 7) is 0.738. The molecule has 0 N–H and O–H groups in total. The Bertz CT molecular complexity index is 727. The summed E-state index contributed by atoms with van der Waals surface area (Å²) < 4.78 is 5.03. The van der Waals surface area contributed by atoms with Crippen molar-refractivity contribution in [2.75, 3.05) is 19.5 Å². The third kappa shape index (κ3) is 3.40. The van der Waals surface area contributed by atoms with E-state index in [9.17, 15) is 0 Å². The second kappa shape index (κ2) is 7.07. The van der Waals surface area contributed by atoms with Crippen LogP contribution in [0.4, 0.5) is 0 Å². The smallest absolute Gasteiger partial charge is 0.142 e.